The minimum atomic E-state index is -2.58. The van der Waals surface area contributed by atoms with Crippen LogP contribution in [0.15, 0.2) is 24.3 Å². The van der Waals surface area contributed by atoms with E-state index >= 15 is 0 Å². The number of nitrogens with zero attached hydrogens (tertiary/aromatic N) is 1. The Morgan fingerprint density at radius 1 is 1.46 bits per heavy atom. The van der Waals surface area contributed by atoms with Gasteiger partial charge in [0, 0.05) is 0 Å². The zero-order valence-electron chi connectivity index (χ0n) is 6.39. The van der Waals surface area contributed by atoms with Gasteiger partial charge in [-0.3, -0.25) is 5.10 Å². The molecule has 1 atom stereocenters. The molecule has 13 heavy (non-hydrogen) atoms. The quantitative estimate of drug-likeness (QED) is 0.720. The minimum absolute atomic E-state index is 0.0731. The molecule has 1 unspecified atom stereocenters. The third-order valence-corrected chi connectivity index (χ3v) is 1.88. The van der Waals surface area contributed by atoms with Gasteiger partial charge in [-0.1, -0.05) is 12.1 Å². The Labute approximate surface area is 76.2 Å². The molecule has 0 radical (unpaired) electrons. The van der Waals surface area contributed by atoms with Gasteiger partial charge in [-0.2, -0.15) is 0 Å². The zero-order chi connectivity index (χ0) is 9.26. The maximum Gasteiger partial charge on any atom is 0.255 e. The third-order valence-electron chi connectivity index (χ3n) is 1.58. The highest BCUT2D eigenvalue weighted by atomic mass is 32.2. The minimum Gasteiger partial charge on any atom is -0.740 e. The van der Waals surface area contributed by atoms with E-state index in [2.05, 4.69) is 14.4 Å². The second-order valence-corrected chi connectivity index (χ2v) is 2.94. The zero-order valence-corrected chi connectivity index (χ0v) is 7.21. The van der Waals surface area contributed by atoms with Gasteiger partial charge >= 0.3 is 0 Å². The molecule has 2 aromatic rings. The molecular weight excluding hydrogens is 192 g/mol. The molecule has 0 amide bonds. The number of benzene rings is 1. The predicted octanol–water partition coefficient (Wildman–Crippen LogP) is 0.736. The van der Waals surface area contributed by atoms with Crippen molar-refractivity contribution in [1.82, 2.24) is 10.2 Å². The standard InChI is InChI=1S/C7H6N2O3S/c10-13(11)12-7-5-3-1-2-4-6(5)8-9-7/h1-4H,(H,8,9)(H,10,11)/p-1. The van der Waals surface area contributed by atoms with Crippen LogP contribution in [0, 0.1) is 0 Å². The molecule has 0 saturated heterocycles. The maximum absolute atomic E-state index is 10.2. The fourth-order valence-corrected chi connectivity index (χ4v) is 1.32. The van der Waals surface area contributed by atoms with Crippen molar-refractivity contribution in [2.45, 2.75) is 0 Å². The third kappa shape index (κ3) is 1.53. The normalized spacial score (nSPS) is 13.0. The maximum atomic E-state index is 10.2. The van der Waals surface area contributed by atoms with Gasteiger partial charge in [-0.15, -0.1) is 5.10 Å². The molecule has 0 bridgehead atoms. The number of rotatable bonds is 2. The summed E-state index contributed by atoms with van der Waals surface area (Å²) in [5.74, 6) is 0.0731. The van der Waals surface area contributed by atoms with Gasteiger partial charge in [-0.05, 0) is 12.1 Å². The molecule has 0 aliphatic heterocycles. The second-order valence-electron chi connectivity index (χ2n) is 2.36. The number of fused-ring (bicyclic) bond motifs is 1. The van der Waals surface area contributed by atoms with Crippen molar-refractivity contribution in [3.63, 3.8) is 0 Å². The average molecular weight is 197 g/mol. The molecule has 0 aliphatic rings. The highest BCUT2D eigenvalue weighted by Crippen LogP contribution is 2.21. The molecule has 0 saturated carbocycles. The van der Waals surface area contributed by atoms with E-state index in [9.17, 15) is 8.76 Å². The monoisotopic (exact) mass is 197 g/mol. The van der Waals surface area contributed by atoms with E-state index in [0.29, 0.717) is 5.39 Å². The Bertz CT molecular complexity index is 454. The lowest BCUT2D eigenvalue weighted by atomic mass is 10.2. The first-order valence-corrected chi connectivity index (χ1v) is 4.48. The van der Waals surface area contributed by atoms with E-state index in [-0.39, 0.29) is 5.88 Å². The van der Waals surface area contributed by atoms with Crippen molar-refractivity contribution in [2.75, 3.05) is 0 Å². The van der Waals surface area contributed by atoms with Crippen molar-refractivity contribution in [3.8, 4) is 5.88 Å². The number of hydrogen-bond donors (Lipinski definition) is 1. The fraction of sp³-hybridized carbons (Fsp3) is 0. The Kier molecular flexibility index (Phi) is 1.99. The lowest BCUT2D eigenvalue weighted by Crippen LogP contribution is -1.98. The molecule has 68 valence electrons. The van der Waals surface area contributed by atoms with Crippen LogP contribution in [0.2, 0.25) is 0 Å². The van der Waals surface area contributed by atoms with E-state index < -0.39 is 11.4 Å². The summed E-state index contributed by atoms with van der Waals surface area (Å²) in [4.78, 5) is 0. The summed E-state index contributed by atoms with van der Waals surface area (Å²) in [5, 5.41) is 6.99. The first-order chi connectivity index (χ1) is 6.27. The highest BCUT2D eigenvalue weighted by molar-refractivity contribution is 7.74. The van der Waals surface area contributed by atoms with Gasteiger partial charge in [0.15, 0.2) is 0 Å². The SMILES string of the molecule is O=S([O-])Oc1n[nH]c2ccccc12. The van der Waals surface area contributed by atoms with Crippen LogP contribution in [0.25, 0.3) is 10.9 Å². The summed E-state index contributed by atoms with van der Waals surface area (Å²) in [6.45, 7) is 0. The van der Waals surface area contributed by atoms with Gasteiger partial charge in [0.25, 0.3) is 5.88 Å². The molecule has 1 heterocycles. The smallest absolute Gasteiger partial charge is 0.255 e. The van der Waals surface area contributed by atoms with Crippen molar-refractivity contribution >= 4 is 22.3 Å². The lowest BCUT2D eigenvalue weighted by Gasteiger charge is -2.02. The van der Waals surface area contributed by atoms with Crippen LogP contribution < -0.4 is 4.18 Å². The van der Waals surface area contributed by atoms with Crippen molar-refractivity contribution in [3.05, 3.63) is 24.3 Å². The van der Waals surface area contributed by atoms with Gasteiger partial charge in [0.2, 0.25) is 0 Å². The second kappa shape index (κ2) is 3.15. The molecule has 1 aromatic heterocycles. The topological polar surface area (TPSA) is 78.0 Å². The molecular formula is C7H5N2O3S-. The summed E-state index contributed by atoms with van der Waals surface area (Å²) < 4.78 is 24.9. The molecule has 5 nitrogen and oxygen atoms in total. The largest absolute Gasteiger partial charge is 0.740 e. The lowest BCUT2D eigenvalue weighted by molar-refractivity contribution is 0.434. The van der Waals surface area contributed by atoms with Crippen LogP contribution in [0.5, 0.6) is 5.88 Å². The first-order valence-electron chi connectivity index (χ1n) is 3.48. The summed E-state index contributed by atoms with van der Waals surface area (Å²) in [6.07, 6.45) is 0. The van der Waals surface area contributed by atoms with E-state index in [0.717, 1.165) is 5.52 Å². The number of aromatic nitrogens is 2. The number of nitrogens with one attached hydrogen (secondary N) is 1. The molecule has 1 N–H and O–H groups in total. The first kappa shape index (κ1) is 8.21. The molecule has 1 aromatic carbocycles. The fourth-order valence-electron chi connectivity index (χ4n) is 1.07. The van der Waals surface area contributed by atoms with Crippen LogP contribution in [-0.4, -0.2) is 19.0 Å². The molecule has 0 aliphatic carbocycles. The van der Waals surface area contributed by atoms with Crippen molar-refractivity contribution in [2.24, 2.45) is 0 Å². The van der Waals surface area contributed by atoms with Crippen LogP contribution in [0.3, 0.4) is 0 Å². The van der Waals surface area contributed by atoms with E-state index in [1.54, 1.807) is 18.2 Å². The van der Waals surface area contributed by atoms with E-state index in [1.807, 2.05) is 6.07 Å². The molecule has 2 rings (SSSR count). The Morgan fingerprint density at radius 2 is 2.23 bits per heavy atom. The van der Waals surface area contributed by atoms with Crippen LogP contribution >= 0.6 is 0 Å². The average Bonchev–Trinajstić information content (AvgIpc) is 2.48. The van der Waals surface area contributed by atoms with E-state index in [4.69, 9.17) is 0 Å². The molecule has 6 heteroatoms. The summed E-state index contributed by atoms with van der Waals surface area (Å²) in [6, 6.07) is 7.10. The van der Waals surface area contributed by atoms with Gasteiger partial charge in [0.1, 0.15) is 11.4 Å². The molecule has 0 spiro atoms. The number of para-hydroxylation sites is 1. The summed E-state index contributed by atoms with van der Waals surface area (Å²) >= 11 is -2.58. The Hall–Kier alpha value is -1.40. The van der Waals surface area contributed by atoms with Crippen molar-refractivity contribution in [1.29, 1.82) is 0 Å². The van der Waals surface area contributed by atoms with Crippen LogP contribution in [0.1, 0.15) is 0 Å². The number of aromatic amines is 1. The Balaban J connectivity index is 2.51. The number of hydrogen-bond acceptors (Lipinski definition) is 4. The van der Waals surface area contributed by atoms with Crippen LogP contribution in [0.4, 0.5) is 0 Å². The highest BCUT2D eigenvalue weighted by Gasteiger charge is 2.04. The van der Waals surface area contributed by atoms with Crippen LogP contribution in [-0.2, 0) is 11.4 Å². The van der Waals surface area contributed by atoms with E-state index in [1.165, 1.54) is 0 Å². The summed E-state index contributed by atoms with van der Waals surface area (Å²) in [5.41, 5.74) is 0.739. The van der Waals surface area contributed by atoms with Crippen molar-refractivity contribution < 1.29 is 12.9 Å². The van der Waals surface area contributed by atoms with Gasteiger partial charge in [-0.25, -0.2) is 4.21 Å². The predicted molar refractivity (Wildman–Crippen MR) is 45.6 cm³/mol. The van der Waals surface area contributed by atoms with Gasteiger partial charge < -0.3 is 8.74 Å². The van der Waals surface area contributed by atoms with Gasteiger partial charge in [0.05, 0.1) is 10.9 Å². The molecule has 0 fully saturated rings. The number of H-pyrrole nitrogens is 1. The Morgan fingerprint density at radius 3 is 3.00 bits per heavy atom. The summed E-state index contributed by atoms with van der Waals surface area (Å²) in [7, 11) is 0.